The Balaban J connectivity index is 1.72. The number of nitrogens with zero attached hydrogens (tertiary/aromatic N) is 3. The van der Waals surface area contributed by atoms with Gasteiger partial charge in [0.2, 0.25) is 10.0 Å². The minimum Gasteiger partial charge on any atom is -0.361 e. The second kappa shape index (κ2) is 6.81. The van der Waals surface area contributed by atoms with E-state index in [2.05, 4.69) is 10.1 Å². The van der Waals surface area contributed by atoms with Gasteiger partial charge in [-0.2, -0.15) is 4.31 Å². The molecule has 1 aliphatic rings. The molecule has 0 amide bonds. The third kappa shape index (κ3) is 3.44. The molecular formula is C16H19F2N3O3S. The van der Waals surface area contributed by atoms with E-state index in [1.54, 1.807) is 0 Å². The van der Waals surface area contributed by atoms with Gasteiger partial charge in [0.05, 0.1) is 5.69 Å². The molecule has 0 aliphatic carbocycles. The quantitative estimate of drug-likeness (QED) is 0.823. The van der Waals surface area contributed by atoms with Crippen molar-refractivity contribution in [3.63, 3.8) is 0 Å². The van der Waals surface area contributed by atoms with Gasteiger partial charge in [0.1, 0.15) is 17.4 Å². The lowest BCUT2D eigenvalue weighted by Crippen LogP contribution is -2.48. The number of hydrogen-bond donors (Lipinski definition) is 0. The second-order valence-electron chi connectivity index (χ2n) is 6.03. The highest BCUT2D eigenvalue weighted by Crippen LogP contribution is 2.24. The monoisotopic (exact) mass is 371 g/mol. The molecule has 0 bridgehead atoms. The summed E-state index contributed by atoms with van der Waals surface area (Å²) in [6.45, 7) is 5.53. The Kier molecular flexibility index (Phi) is 4.90. The van der Waals surface area contributed by atoms with E-state index in [9.17, 15) is 17.2 Å². The molecular weight excluding hydrogens is 352 g/mol. The van der Waals surface area contributed by atoms with Crippen molar-refractivity contribution >= 4 is 10.0 Å². The molecule has 0 saturated carbocycles. The average molecular weight is 371 g/mol. The fourth-order valence-electron chi connectivity index (χ4n) is 2.94. The Morgan fingerprint density at radius 1 is 1.12 bits per heavy atom. The third-order valence-electron chi connectivity index (χ3n) is 4.41. The first kappa shape index (κ1) is 18.0. The Morgan fingerprint density at radius 3 is 2.24 bits per heavy atom. The predicted octanol–water partition coefficient (Wildman–Crippen LogP) is 2.08. The van der Waals surface area contributed by atoms with Crippen LogP contribution in [-0.4, -0.2) is 49.0 Å². The Hall–Kier alpha value is -1.84. The highest BCUT2D eigenvalue weighted by atomic mass is 32.2. The summed E-state index contributed by atoms with van der Waals surface area (Å²) in [6, 6.07) is 3.04. The van der Waals surface area contributed by atoms with Gasteiger partial charge < -0.3 is 4.52 Å². The zero-order valence-electron chi connectivity index (χ0n) is 14.0. The number of aryl methyl sites for hydroxylation is 2. The smallest absolute Gasteiger partial charge is 0.249 e. The minimum absolute atomic E-state index is 0.166. The topological polar surface area (TPSA) is 66.7 Å². The number of rotatable bonds is 4. The van der Waals surface area contributed by atoms with Crippen LogP contribution in [0.25, 0.3) is 0 Å². The summed E-state index contributed by atoms with van der Waals surface area (Å²) >= 11 is 0. The number of hydrogen-bond acceptors (Lipinski definition) is 5. The first-order valence-electron chi connectivity index (χ1n) is 7.89. The van der Waals surface area contributed by atoms with E-state index in [0.29, 0.717) is 19.6 Å². The standard InChI is InChI=1S/C16H19F2N3O3S/c1-11-13(12(2)24-19-11)10-20-6-8-21(9-7-20)25(22,23)16-14(17)4-3-5-15(16)18/h3-5H,6-10H2,1-2H3. The molecule has 0 unspecified atom stereocenters. The molecule has 0 radical (unpaired) electrons. The predicted molar refractivity (Wildman–Crippen MR) is 86.4 cm³/mol. The molecule has 3 rings (SSSR count). The lowest BCUT2D eigenvalue weighted by atomic mass is 10.2. The lowest BCUT2D eigenvalue weighted by molar-refractivity contribution is 0.180. The van der Waals surface area contributed by atoms with E-state index in [4.69, 9.17) is 4.52 Å². The van der Waals surface area contributed by atoms with Crippen LogP contribution in [0.3, 0.4) is 0 Å². The van der Waals surface area contributed by atoms with E-state index < -0.39 is 26.6 Å². The number of sulfonamides is 1. The molecule has 1 aromatic heterocycles. The molecule has 0 N–H and O–H groups in total. The summed E-state index contributed by atoms with van der Waals surface area (Å²) in [5.74, 6) is -1.41. The van der Waals surface area contributed by atoms with Crippen molar-refractivity contribution in [3.05, 3.63) is 46.9 Å². The molecule has 1 aromatic carbocycles. The van der Waals surface area contributed by atoms with Crippen LogP contribution < -0.4 is 0 Å². The van der Waals surface area contributed by atoms with Crippen LogP contribution in [0.4, 0.5) is 8.78 Å². The van der Waals surface area contributed by atoms with Crippen molar-refractivity contribution < 1.29 is 21.7 Å². The van der Waals surface area contributed by atoms with Gasteiger partial charge in [-0.3, -0.25) is 4.90 Å². The molecule has 2 heterocycles. The Bertz CT molecular complexity index is 835. The highest BCUT2D eigenvalue weighted by Gasteiger charge is 2.33. The SMILES string of the molecule is Cc1noc(C)c1CN1CCN(S(=O)(=O)c2c(F)cccc2F)CC1. The molecule has 136 valence electrons. The molecule has 0 atom stereocenters. The number of benzene rings is 1. The summed E-state index contributed by atoms with van der Waals surface area (Å²) in [4.78, 5) is 1.19. The van der Waals surface area contributed by atoms with Gasteiger partial charge >= 0.3 is 0 Å². The van der Waals surface area contributed by atoms with E-state index in [1.807, 2.05) is 13.8 Å². The Labute approximate surface area is 145 Å². The summed E-state index contributed by atoms with van der Waals surface area (Å²) < 4.78 is 59.1. The van der Waals surface area contributed by atoms with E-state index in [-0.39, 0.29) is 13.1 Å². The van der Waals surface area contributed by atoms with Gasteiger partial charge in [-0.15, -0.1) is 0 Å². The fraction of sp³-hybridized carbons (Fsp3) is 0.438. The fourth-order valence-corrected chi connectivity index (χ4v) is 4.47. The van der Waals surface area contributed by atoms with Crippen molar-refractivity contribution in [2.45, 2.75) is 25.3 Å². The summed E-state index contributed by atoms with van der Waals surface area (Å²) in [5, 5.41) is 3.90. The second-order valence-corrected chi connectivity index (χ2v) is 7.91. The molecule has 0 spiro atoms. The van der Waals surface area contributed by atoms with Crippen molar-refractivity contribution in [2.75, 3.05) is 26.2 Å². The van der Waals surface area contributed by atoms with E-state index in [0.717, 1.165) is 39.5 Å². The minimum atomic E-state index is -4.20. The molecule has 1 saturated heterocycles. The molecule has 25 heavy (non-hydrogen) atoms. The van der Waals surface area contributed by atoms with Crippen LogP contribution in [0.1, 0.15) is 17.0 Å². The first-order chi connectivity index (χ1) is 11.8. The average Bonchev–Trinajstić information content (AvgIpc) is 2.87. The number of halogens is 2. The maximum Gasteiger partial charge on any atom is 0.249 e. The summed E-state index contributed by atoms with van der Waals surface area (Å²) in [6.07, 6.45) is 0. The maximum atomic E-state index is 13.8. The molecule has 2 aromatic rings. The van der Waals surface area contributed by atoms with Crippen LogP contribution in [0.5, 0.6) is 0 Å². The van der Waals surface area contributed by atoms with Crippen molar-refractivity contribution in [1.29, 1.82) is 0 Å². The van der Waals surface area contributed by atoms with Crippen LogP contribution in [0.2, 0.25) is 0 Å². The van der Waals surface area contributed by atoms with Gasteiger partial charge in [0.15, 0.2) is 4.90 Å². The molecule has 1 fully saturated rings. The zero-order valence-corrected chi connectivity index (χ0v) is 14.8. The largest absolute Gasteiger partial charge is 0.361 e. The zero-order chi connectivity index (χ0) is 18.2. The van der Waals surface area contributed by atoms with E-state index in [1.165, 1.54) is 0 Å². The van der Waals surface area contributed by atoms with Crippen LogP contribution in [-0.2, 0) is 16.6 Å². The first-order valence-corrected chi connectivity index (χ1v) is 9.33. The maximum absolute atomic E-state index is 13.8. The van der Waals surface area contributed by atoms with Crippen molar-refractivity contribution in [3.8, 4) is 0 Å². The van der Waals surface area contributed by atoms with Crippen molar-refractivity contribution in [2.24, 2.45) is 0 Å². The highest BCUT2D eigenvalue weighted by molar-refractivity contribution is 7.89. The van der Waals surface area contributed by atoms with Gasteiger partial charge in [0.25, 0.3) is 0 Å². The van der Waals surface area contributed by atoms with Crippen molar-refractivity contribution in [1.82, 2.24) is 14.4 Å². The van der Waals surface area contributed by atoms with Gasteiger partial charge in [-0.1, -0.05) is 11.2 Å². The number of piperazine rings is 1. The molecule has 1 aliphatic heterocycles. The van der Waals surface area contributed by atoms with Gasteiger partial charge in [-0.25, -0.2) is 17.2 Å². The summed E-state index contributed by atoms with van der Waals surface area (Å²) in [5.41, 5.74) is 1.79. The molecule has 9 heteroatoms. The molecule has 6 nitrogen and oxygen atoms in total. The van der Waals surface area contributed by atoms with Crippen LogP contribution in [0, 0.1) is 25.5 Å². The Morgan fingerprint density at radius 2 is 1.72 bits per heavy atom. The lowest BCUT2D eigenvalue weighted by Gasteiger charge is -2.34. The van der Waals surface area contributed by atoms with E-state index >= 15 is 0 Å². The van der Waals surface area contributed by atoms with Crippen LogP contribution in [0.15, 0.2) is 27.6 Å². The summed E-state index contributed by atoms with van der Waals surface area (Å²) in [7, 11) is -4.20. The van der Waals surface area contributed by atoms with Gasteiger partial charge in [0, 0.05) is 38.3 Å². The van der Waals surface area contributed by atoms with Crippen LogP contribution >= 0.6 is 0 Å². The normalized spacial score (nSPS) is 17.1. The third-order valence-corrected chi connectivity index (χ3v) is 6.36. The number of aromatic nitrogens is 1. The van der Waals surface area contributed by atoms with Gasteiger partial charge in [-0.05, 0) is 26.0 Å².